The van der Waals surface area contributed by atoms with Crippen LogP contribution in [-0.2, 0) is 0 Å². The molecule has 3 heteroatoms. The van der Waals surface area contributed by atoms with Gasteiger partial charge in [-0.3, -0.25) is 4.90 Å². The Morgan fingerprint density at radius 1 is 1.29 bits per heavy atom. The van der Waals surface area contributed by atoms with Gasteiger partial charge in [-0.25, -0.2) is 0 Å². The molecule has 1 saturated heterocycles. The Balaban J connectivity index is 1.55. The summed E-state index contributed by atoms with van der Waals surface area (Å²) in [6, 6.07) is 3.94. The molecule has 0 radical (unpaired) electrons. The third-order valence-electron chi connectivity index (χ3n) is 4.63. The molecular formula is C14H23N3. The van der Waals surface area contributed by atoms with Gasteiger partial charge in [-0.15, -0.1) is 0 Å². The number of nitrogens with one attached hydrogen (secondary N) is 1. The van der Waals surface area contributed by atoms with Crippen LogP contribution >= 0.6 is 0 Å². The fourth-order valence-corrected chi connectivity index (χ4v) is 3.14. The first kappa shape index (κ1) is 11.5. The number of rotatable bonds is 6. The van der Waals surface area contributed by atoms with Gasteiger partial charge >= 0.3 is 0 Å². The van der Waals surface area contributed by atoms with Gasteiger partial charge < -0.3 is 5.32 Å². The van der Waals surface area contributed by atoms with E-state index in [4.69, 9.17) is 5.26 Å². The molecule has 1 heterocycles. The van der Waals surface area contributed by atoms with Crippen molar-refractivity contribution in [3.63, 3.8) is 0 Å². The summed E-state index contributed by atoms with van der Waals surface area (Å²) >= 11 is 0. The molecule has 17 heavy (non-hydrogen) atoms. The highest BCUT2D eigenvalue weighted by Gasteiger charge is 2.46. The average Bonchev–Trinajstić information content (AvgIpc) is 3.22. The lowest BCUT2D eigenvalue weighted by Gasteiger charge is -2.29. The molecule has 0 aromatic heterocycles. The van der Waals surface area contributed by atoms with Gasteiger partial charge in [-0.1, -0.05) is 0 Å². The van der Waals surface area contributed by atoms with Crippen molar-refractivity contribution >= 4 is 0 Å². The van der Waals surface area contributed by atoms with Gasteiger partial charge in [0.2, 0.25) is 0 Å². The van der Waals surface area contributed by atoms with Crippen LogP contribution in [0.3, 0.4) is 0 Å². The van der Waals surface area contributed by atoms with Crippen LogP contribution in [0.1, 0.15) is 44.9 Å². The maximum Gasteiger partial charge on any atom is 0.0628 e. The molecule has 94 valence electrons. The van der Waals surface area contributed by atoms with Crippen LogP contribution in [-0.4, -0.2) is 36.6 Å². The average molecular weight is 233 g/mol. The molecule has 0 aromatic carbocycles. The molecule has 1 unspecified atom stereocenters. The van der Waals surface area contributed by atoms with Gasteiger partial charge in [0.05, 0.1) is 6.07 Å². The van der Waals surface area contributed by atoms with Crippen molar-refractivity contribution in [1.82, 2.24) is 10.2 Å². The zero-order valence-corrected chi connectivity index (χ0v) is 10.6. The summed E-state index contributed by atoms with van der Waals surface area (Å²) in [5, 5.41) is 12.5. The van der Waals surface area contributed by atoms with E-state index < -0.39 is 0 Å². The molecule has 0 amide bonds. The zero-order valence-electron chi connectivity index (χ0n) is 10.6. The van der Waals surface area contributed by atoms with Gasteiger partial charge in [-0.2, -0.15) is 5.26 Å². The molecule has 3 rings (SSSR count). The van der Waals surface area contributed by atoms with Gasteiger partial charge in [-0.05, 0) is 50.5 Å². The molecule has 0 spiro atoms. The minimum absolute atomic E-state index is 0.385. The predicted octanol–water partition coefficient (Wildman–Crippen LogP) is 1.90. The molecule has 3 nitrogen and oxygen atoms in total. The van der Waals surface area contributed by atoms with E-state index in [-0.39, 0.29) is 0 Å². The van der Waals surface area contributed by atoms with Crippen LogP contribution < -0.4 is 5.32 Å². The largest absolute Gasteiger partial charge is 0.313 e. The van der Waals surface area contributed by atoms with Crippen molar-refractivity contribution in [1.29, 1.82) is 5.26 Å². The SMILES string of the molecule is N#CCC1(CN(CC2CCCN2)C2CC2)CC1. The molecule has 0 aromatic rings. The maximum atomic E-state index is 8.91. The highest BCUT2D eigenvalue weighted by atomic mass is 15.2. The Morgan fingerprint density at radius 3 is 2.65 bits per heavy atom. The Labute approximate surface area is 104 Å². The second-order valence-corrected chi connectivity index (χ2v) is 6.29. The summed E-state index contributed by atoms with van der Waals surface area (Å²) in [6.45, 7) is 3.60. The normalized spacial score (nSPS) is 30.5. The quantitative estimate of drug-likeness (QED) is 0.761. The molecule has 3 fully saturated rings. The van der Waals surface area contributed by atoms with E-state index in [1.807, 2.05) is 0 Å². The van der Waals surface area contributed by atoms with Gasteiger partial charge in [0.15, 0.2) is 0 Å². The van der Waals surface area contributed by atoms with Crippen LogP contribution in [0.25, 0.3) is 0 Å². The minimum atomic E-state index is 0.385. The van der Waals surface area contributed by atoms with Crippen molar-refractivity contribution in [3.8, 4) is 6.07 Å². The summed E-state index contributed by atoms with van der Waals surface area (Å²) in [6.07, 6.45) is 8.78. The maximum absolute atomic E-state index is 8.91. The highest BCUT2D eigenvalue weighted by Crippen LogP contribution is 2.50. The molecule has 1 atom stereocenters. The molecule has 1 N–H and O–H groups in total. The highest BCUT2D eigenvalue weighted by molar-refractivity contribution is 5.03. The molecule has 3 aliphatic rings. The van der Waals surface area contributed by atoms with Crippen LogP contribution in [0.2, 0.25) is 0 Å². The second-order valence-electron chi connectivity index (χ2n) is 6.29. The fourth-order valence-electron chi connectivity index (χ4n) is 3.14. The number of hydrogen-bond acceptors (Lipinski definition) is 3. The van der Waals surface area contributed by atoms with Crippen LogP contribution in [0, 0.1) is 16.7 Å². The summed E-state index contributed by atoms with van der Waals surface area (Å²) in [5.74, 6) is 0. The van der Waals surface area contributed by atoms with E-state index in [2.05, 4.69) is 16.3 Å². The minimum Gasteiger partial charge on any atom is -0.313 e. The monoisotopic (exact) mass is 233 g/mol. The van der Waals surface area contributed by atoms with Gasteiger partial charge in [0.25, 0.3) is 0 Å². The van der Waals surface area contributed by atoms with E-state index in [0.717, 1.165) is 12.5 Å². The first-order chi connectivity index (χ1) is 8.31. The van der Waals surface area contributed by atoms with Crippen LogP contribution in [0.4, 0.5) is 0 Å². The predicted molar refractivity (Wildman–Crippen MR) is 67.5 cm³/mol. The van der Waals surface area contributed by atoms with Crippen LogP contribution in [0.15, 0.2) is 0 Å². The Kier molecular flexibility index (Phi) is 3.10. The van der Waals surface area contributed by atoms with Crippen molar-refractivity contribution in [3.05, 3.63) is 0 Å². The molecule has 2 saturated carbocycles. The summed E-state index contributed by atoms with van der Waals surface area (Å²) in [4.78, 5) is 2.69. The zero-order chi connectivity index (χ0) is 11.7. The number of nitrogens with zero attached hydrogens (tertiary/aromatic N) is 2. The Morgan fingerprint density at radius 2 is 2.12 bits per heavy atom. The lowest BCUT2D eigenvalue weighted by atomic mass is 10.0. The van der Waals surface area contributed by atoms with Gasteiger partial charge in [0.1, 0.15) is 0 Å². The summed E-state index contributed by atoms with van der Waals surface area (Å²) in [5.41, 5.74) is 0.385. The molecule has 0 bridgehead atoms. The van der Waals surface area contributed by atoms with E-state index in [1.165, 1.54) is 58.2 Å². The van der Waals surface area contributed by atoms with Crippen molar-refractivity contribution < 1.29 is 0 Å². The Bertz CT molecular complexity index is 306. The Hall–Kier alpha value is -0.590. The van der Waals surface area contributed by atoms with Gasteiger partial charge in [0, 0.05) is 31.6 Å². The smallest absolute Gasteiger partial charge is 0.0628 e. The van der Waals surface area contributed by atoms with E-state index >= 15 is 0 Å². The fraction of sp³-hybridized carbons (Fsp3) is 0.929. The third kappa shape index (κ3) is 2.81. The summed E-state index contributed by atoms with van der Waals surface area (Å²) in [7, 11) is 0. The summed E-state index contributed by atoms with van der Waals surface area (Å²) < 4.78 is 0. The van der Waals surface area contributed by atoms with Crippen LogP contribution in [0.5, 0.6) is 0 Å². The second kappa shape index (κ2) is 4.59. The first-order valence-corrected chi connectivity index (χ1v) is 7.16. The molecule has 2 aliphatic carbocycles. The molecule has 1 aliphatic heterocycles. The first-order valence-electron chi connectivity index (χ1n) is 7.16. The van der Waals surface area contributed by atoms with Crippen molar-refractivity contribution in [2.24, 2.45) is 5.41 Å². The lowest BCUT2D eigenvalue weighted by molar-refractivity contribution is 0.194. The molecular weight excluding hydrogens is 210 g/mol. The topological polar surface area (TPSA) is 39.1 Å². The van der Waals surface area contributed by atoms with E-state index in [9.17, 15) is 0 Å². The van der Waals surface area contributed by atoms with E-state index in [1.54, 1.807) is 0 Å². The van der Waals surface area contributed by atoms with Crippen molar-refractivity contribution in [2.45, 2.75) is 57.0 Å². The third-order valence-corrected chi connectivity index (χ3v) is 4.63. The van der Waals surface area contributed by atoms with Crippen molar-refractivity contribution in [2.75, 3.05) is 19.6 Å². The number of nitriles is 1. The number of hydrogen-bond donors (Lipinski definition) is 1. The lowest BCUT2D eigenvalue weighted by Crippen LogP contribution is -2.41. The standard InChI is InChI=1S/C14H23N3/c15-8-7-14(5-6-14)11-17(13-3-4-13)10-12-2-1-9-16-12/h12-13,16H,1-7,9-11H2. The van der Waals surface area contributed by atoms with E-state index in [0.29, 0.717) is 11.5 Å².